The van der Waals surface area contributed by atoms with E-state index in [2.05, 4.69) is 4.98 Å². The number of aromatic nitrogens is 1. The van der Waals surface area contributed by atoms with E-state index < -0.39 is 0 Å². The molecule has 1 aromatic heterocycles. The lowest BCUT2D eigenvalue weighted by Crippen LogP contribution is -2.36. The van der Waals surface area contributed by atoms with Gasteiger partial charge in [0, 0.05) is 29.1 Å². The Labute approximate surface area is 184 Å². The zero-order chi connectivity index (χ0) is 22.2. The maximum absolute atomic E-state index is 14.3. The molecule has 1 heterocycles. The van der Waals surface area contributed by atoms with Gasteiger partial charge in [-0.25, -0.2) is 4.39 Å². The van der Waals surface area contributed by atoms with Crippen molar-refractivity contribution in [3.05, 3.63) is 72.2 Å². The fourth-order valence-electron chi connectivity index (χ4n) is 3.80. The largest absolute Gasteiger partial charge is 0.493 e. The highest BCUT2D eigenvalue weighted by Gasteiger charge is 2.36. The van der Waals surface area contributed by atoms with Crippen LogP contribution >= 0.6 is 0 Å². The highest BCUT2D eigenvalue weighted by atomic mass is 19.1. The minimum atomic E-state index is -0.364. The lowest BCUT2D eigenvalue weighted by Gasteiger charge is -2.24. The molecule has 6 nitrogen and oxygen atoms in total. The quantitative estimate of drug-likeness (QED) is 0.395. The van der Waals surface area contributed by atoms with E-state index in [1.54, 1.807) is 68.9 Å². The zero-order valence-corrected chi connectivity index (χ0v) is 17.7. The molecule has 5 rings (SSSR count). The number of nitrogens with zero attached hydrogens (tertiary/aromatic N) is 2. The van der Waals surface area contributed by atoms with Crippen LogP contribution in [0, 0.1) is 5.82 Å². The predicted octanol–water partition coefficient (Wildman–Crippen LogP) is 5.14. The molecule has 0 unspecified atom stereocenters. The van der Waals surface area contributed by atoms with Gasteiger partial charge < -0.3 is 14.3 Å². The van der Waals surface area contributed by atoms with Crippen molar-refractivity contribution < 1.29 is 23.5 Å². The molecule has 3 aromatic carbocycles. The van der Waals surface area contributed by atoms with Crippen LogP contribution in [0.25, 0.3) is 21.7 Å². The third-order valence-corrected chi connectivity index (χ3v) is 5.58. The second-order valence-electron chi connectivity index (χ2n) is 7.63. The van der Waals surface area contributed by atoms with Crippen molar-refractivity contribution >= 4 is 27.6 Å². The molecular weight excluding hydrogens is 411 g/mol. The summed E-state index contributed by atoms with van der Waals surface area (Å²) in [7, 11) is 3.12. The minimum absolute atomic E-state index is 0.0466. The fourth-order valence-corrected chi connectivity index (χ4v) is 3.80. The number of carbonyl (C=O) groups excluding carboxylic acids is 1. The number of ether oxygens (including phenoxy) is 2. The first kappa shape index (κ1) is 20.1. The molecule has 7 heteroatoms. The van der Waals surface area contributed by atoms with Gasteiger partial charge in [-0.3, -0.25) is 9.78 Å². The normalized spacial score (nSPS) is 13.2. The number of hydrogen-bond acceptors (Lipinski definition) is 5. The van der Waals surface area contributed by atoms with Gasteiger partial charge in [0.05, 0.1) is 31.3 Å². The molecule has 1 amide bonds. The Hall–Kier alpha value is -3.87. The van der Waals surface area contributed by atoms with Crippen LogP contribution in [0.1, 0.15) is 23.2 Å². The lowest BCUT2D eigenvalue weighted by atomic mass is 10.0. The van der Waals surface area contributed by atoms with Crippen LogP contribution in [0.3, 0.4) is 0 Å². The average molecular weight is 432 g/mol. The first-order valence-electron chi connectivity index (χ1n) is 10.3. The van der Waals surface area contributed by atoms with Crippen LogP contribution in [-0.2, 0) is 0 Å². The van der Waals surface area contributed by atoms with Crippen molar-refractivity contribution in [2.45, 2.75) is 18.9 Å². The molecule has 1 fully saturated rings. The molecule has 4 aromatic rings. The Morgan fingerprint density at radius 3 is 2.41 bits per heavy atom. The standard InChI is InChI=1S/C25H21FN2O4/c1-30-23-13-19-21(14-24(23)31-2)27-12-11-22(19)32-28(15-9-10-15)25(29)18-7-3-6-17-16(18)5-4-8-20(17)26/h3-8,11-15H,9-10H2,1-2H3. The van der Waals surface area contributed by atoms with E-state index in [0.717, 1.165) is 12.8 Å². The number of rotatable bonds is 6. The highest BCUT2D eigenvalue weighted by molar-refractivity contribution is 6.07. The van der Waals surface area contributed by atoms with Crippen molar-refractivity contribution in [1.82, 2.24) is 10.0 Å². The molecule has 32 heavy (non-hydrogen) atoms. The Kier molecular flexibility index (Phi) is 5.01. The molecule has 0 saturated heterocycles. The second kappa shape index (κ2) is 8.00. The molecule has 1 saturated carbocycles. The van der Waals surface area contributed by atoms with E-state index in [0.29, 0.717) is 44.5 Å². The Morgan fingerprint density at radius 1 is 0.938 bits per heavy atom. The van der Waals surface area contributed by atoms with Crippen molar-refractivity contribution in [3.8, 4) is 17.2 Å². The van der Waals surface area contributed by atoms with Crippen LogP contribution in [0.5, 0.6) is 17.2 Å². The number of fused-ring (bicyclic) bond motifs is 2. The summed E-state index contributed by atoms with van der Waals surface area (Å²) in [6.45, 7) is 0. The Bertz CT molecular complexity index is 1340. The first-order valence-corrected chi connectivity index (χ1v) is 10.3. The van der Waals surface area contributed by atoms with Gasteiger partial charge in [0.25, 0.3) is 5.91 Å². The van der Waals surface area contributed by atoms with Crippen LogP contribution in [0.2, 0.25) is 0 Å². The third-order valence-electron chi connectivity index (χ3n) is 5.58. The highest BCUT2D eigenvalue weighted by Crippen LogP contribution is 2.37. The van der Waals surface area contributed by atoms with Gasteiger partial charge >= 0.3 is 0 Å². The third kappa shape index (κ3) is 3.45. The number of carbonyl (C=O) groups is 1. The van der Waals surface area contributed by atoms with Crippen molar-refractivity contribution in [1.29, 1.82) is 0 Å². The SMILES string of the molecule is COc1cc2nccc(ON(C(=O)c3cccc4c(F)cccc34)C3CC3)c2cc1OC. The van der Waals surface area contributed by atoms with Crippen molar-refractivity contribution in [3.63, 3.8) is 0 Å². The molecule has 0 bridgehead atoms. The zero-order valence-electron chi connectivity index (χ0n) is 17.7. The van der Waals surface area contributed by atoms with Crippen LogP contribution < -0.4 is 14.3 Å². The monoisotopic (exact) mass is 432 g/mol. The number of hydrogen-bond donors (Lipinski definition) is 0. The summed E-state index contributed by atoms with van der Waals surface area (Å²) in [6.07, 6.45) is 3.29. The van der Waals surface area contributed by atoms with E-state index in [9.17, 15) is 9.18 Å². The molecule has 162 valence electrons. The van der Waals surface area contributed by atoms with Gasteiger partial charge in [-0.1, -0.05) is 24.3 Å². The molecule has 0 N–H and O–H groups in total. The van der Waals surface area contributed by atoms with Crippen molar-refractivity contribution in [2.24, 2.45) is 0 Å². The van der Waals surface area contributed by atoms with E-state index in [4.69, 9.17) is 14.3 Å². The van der Waals surface area contributed by atoms with Crippen molar-refractivity contribution in [2.75, 3.05) is 14.2 Å². The summed E-state index contributed by atoms with van der Waals surface area (Å²) in [5.74, 6) is 0.887. The van der Waals surface area contributed by atoms with E-state index in [1.807, 2.05) is 0 Å². The summed E-state index contributed by atoms with van der Waals surface area (Å²) in [5, 5.41) is 3.04. The average Bonchev–Trinajstić information content (AvgIpc) is 3.66. The smallest absolute Gasteiger partial charge is 0.287 e. The number of halogens is 1. The second-order valence-corrected chi connectivity index (χ2v) is 7.63. The molecule has 0 radical (unpaired) electrons. The van der Waals surface area contributed by atoms with Crippen LogP contribution in [-0.4, -0.2) is 36.2 Å². The summed E-state index contributed by atoms with van der Waals surface area (Å²) in [4.78, 5) is 24.1. The van der Waals surface area contributed by atoms with Gasteiger partial charge in [-0.05, 0) is 36.4 Å². The molecular formula is C25H21FN2O4. The number of hydroxylamine groups is 2. The molecule has 1 aliphatic rings. The molecule has 0 spiro atoms. The molecule has 0 aliphatic heterocycles. The summed E-state index contributed by atoms with van der Waals surface area (Å²) < 4.78 is 25.0. The number of pyridine rings is 1. The van der Waals surface area contributed by atoms with Gasteiger partial charge in [0.2, 0.25) is 0 Å². The Morgan fingerprint density at radius 2 is 1.66 bits per heavy atom. The predicted molar refractivity (Wildman–Crippen MR) is 119 cm³/mol. The molecule has 0 atom stereocenters. The van der Waals surface area contributed by atoms with E-state index >= 15 is 0 Å². The fraction of sp³-hybridized carbons (Fsp3) is 0.200. The summed E-state index contributed by atoms with van der Waals surface area (Å²) >= 11 is 0. The van der Waals surface area contributed by atoms with Crippen LogP contribution in [0.4, 0.5) is 4.39 Å². The number of benzene rings is 3. The minimum Gasteiger partial charge on any atom is -0.493 e. The number of methoxy groups -OCH3 is 2. The molecule has 1 aliphatic carbocycles. The van der Waals surface area contributed by atoms with Gasteiger partial charge in [-0.2, -0.15) is 5.06 Å². The van der Waals surface area contributed by atoms with Gasteiger partial charge in [0.15, 0.2) is 17.2 Å². The summed E-state index contributed by atoms with van der Waals surface area (Å²) in [6, 6.07) is 15.0. The van der Waals surface area contributed by atoms with E-state index in [1.165, 1.54) is 11.1 Å². The lowest BCUT2D eigenvalue weighted by molar-refractivity contribution is -0.0381. The topological polar surface area (TPSA) is 60.9 Å². The maximum Gasteiger partial charge on any atom is 0.287 e. The van der Waals surface area contributed by atoms with Crippen LogP contribution in [0.15, 0.2) is 60.8 Å². The number of amides is 1. The van der Waals surface area contributed by atoms with Gasteiger partial charge in [-0.15, -0.1) is 0 Å². The first-order chi connectivity index (χ1) is 15.6. The Balaban J connectivity index is 1.56. The van der Waals surface area contributed by atoms with Gasteiger partial charge in [0.1, 0.15) is 5.82 Å². The van der Waals surface area contributed by atoms with E-state index in [-0.39, 0.29) is 17.8 Å². The summed E-state index contributed by atoms with van der Waals surface area (Å²) in [5.41, 5.74) is 1.04. The maximum atomic E-state index is 14.3.